The number of para-hydroxylation sites is 1. The summed E-state index contributed by atoms with van der Waals surface area (Å²) in [6.45, 7) is 2.28. The largest absolute Gasteiger partial charge is 0.457 e. The van der Waals surface area contributed by atoms with Gasteiger partial charge in [-0.3, -0.25) is 0 Å². The van der Waals surface area contributed by atoms with Crippen LogP contribution in [-0.2, 0) is 6.42 Å². The van der Waals surface area contributed by atoms with E-state index in [1.165, 1.54) is 69.8 Å². The summed E-state index contributed by atoms with van der Waals surface area (Å²) in [5, 5.41) is 0. The highest BCUT2D eigenvalue weighted by Gasteiger charge is 1.98. The molecule has 0 atom stereocenters. The van der Waals surface area contributed by atoms with Crippen LogP contribution in [0.4, 0.5) is 0 Å². The summed E-state index contributed by atoms with van der Waals surface area (Å²) in [5.74, 6) is 1.81. The van der Waals surface area contributed by atoms with E-state index in [0.29, 0.717) is 0 Å². The molecule has 2 aromatic rings. The molecule has 0 aliphatic carbocycles. The van der Waals surface area contributed by atoms with E-state index in [1.54, 1.807) is 0 Å². The highest BCUT2D eigenvalue weighted by Crippen LogP contribution is 2.21. The lowest BCUT2D eigenvalue weighted by atomic mass is 10.0. The van der Waals surface area contributed by atoms with Gasteiger partial charge in [-0.25, -0.2) is 0 Å². The van der Waals surface area contributed by atoms with Crippen molar-refractivity contribution in [1.29, 1.82) is 0 Å². The quantitative estimate of drug-likeness (QED) is 0.366. The molecule has 0 radical (unpaired) electrons. The molecule has 1 nitrogen and oxygen atoms in total. The van der Waals surface area contributed by atoms with Gasteiger partial charge in [0.15, 0.2) is 0 Å². The molecule has 0 aliphatic heterocycles. The Morgan fingerprint density at radius 3 is 1.75 bits per heavy atom. The van der Waals surface area contributed by atoms with Crippen molar-refractivity contribution in [2.24, 2.45) is 0 Å². The van der Waals surface area contributed by atoms with Crippen LogP contribution in [0.3, 0.4) is 0 Å². The molecule has 0 bridgehead atoms. The van der Waals surface area contributed by atoms with Crippen LogP contribution in [0.5, 0.6) is 11.5 Å². The molecule has 0 saturated carbocycles. The summed E-state index contributed by atoms with van der Waals surface area (Å²) >= 11 is 0. The van der Waals surface area contributed by atoms with Crippen molar-refractivity contribution in [3.8, 4) is 11.5 Å². The molecular weight excluding hydrogens is 292 g/mol. The third-order valence-corrected chi connectivity index (χ3v) is 4.47. The zero-order chi connectivity index (χ0) is 16.9. The zero-order valence-electron chi connectivity index (χ0n) is 15.2. The Balaban J connectivity index is 1.57. The first kappa shape index (κ1) is 18.6. The SMILES string of the molecule is CCCCCCCCCCCc1ccc(Oc2ccccc2)cc1. The average molecular weight is 325 g/mol. The molecule has 0 amide bonds. The van der Waals surface area contributed by atoms with Crippen LogP contribution in [0.2, 0.25) is 0 Å². The van der Waals surface area contributed by atoms with Gasteiger partial charge in [0.1, 0.15) is 11.5 Å². The number of benzene rings is 2. The second kappa shape index (κ2) is 11.7. The van der Waals surface area contributed by atoms with Crippen LogP contribution in [-0.4, -0.2) is 0 Å². The summed E-state index contributed by atoms with van der Waals surface area (Å²) < 4.78 is 5.83. The minimum absolute atomic E-state index is 0.893. The van der Waals surface area contributed by atoms with Crippen LogP contribution < -0.4 is 4.74 Å². The van der Waals surface area contributed by atoms with Gasteiger partial charge in [0.05, 0.1) is 0 Å². The number of hydrogen-bond acceptors (Lipinski definition) is 1. The van der Waals surface area contributed by atoms with Gasteiger partial charge in [0, 0.05) is 0 Å². The van der Waals surface area contributed by atoms with Crippen LogP contribution in [0.15, 0.2) is 54.6 Å². The van der Waals surface area contributed by atoms with Crippen LogP contribution >= 0.6 is 0 Å². The van der Waals surface area contributed by atoms with Crippen molar-refractivity contribution in [3.63, 3.8) is 0 Å². The van der Waals surface area contributed by atoms with Crippen molar-refractivity contribution >= 4 is 0 Å². The highest BCUT2D eigenvalue weighted by molar-refractivity contribution is 5.32. The third-order valence-electron chi connectivity index (χ3n) is 4.47. The normalized spacial score (nSPS) is 10.7. The lowest BCUT2D eigenvalue weighted by Crippen LogP contribution is -1.88. The van der Waals surface area contributed by atoms with E-state index < -0.39 is 0 Å². The molecule has 0 fully saturated rings. The van der Waals surface area contributed by atoms with Gasteiger partial charge in [-0.2, -0.15) is 0 Å². The Morgan fingerprint density at radius 1 is 0.583 bits per heavy atom. The standard InChI is InChI=1S/C23H32O/c1-2-3-4-5-6-7-8-9-11-14-21-17-19-23(20-18-21)24-22-15-12-10-13-16-22/h10,12-13,15-20H,2-9,11,14H2,1H3. The topological polar surface area (TPSA) is 9.23 Å². The van der Waals surface area contributed by atoms with Crippen molar-refractivity contribution < 1.29 is 4.74 Å². The number of hydrogen-bond donors (Lipinski definition) is 0. The molecule has 0 spiro atoms. The summed E-state index contributed by atoms with van der Waals surface area (Å²) in [6, 6.07) is 18.5. The van der Waals surface area contributed by atoms with Gasteiger partial charge >= 0.3 is 0 Å². The average Bonchev–Trinajstić information content (AvgIpc) is 2.62. The van der Waals surface area contributed by atoms with E-state index in [9.17, 15) is 0 Å². The lowest BCUT2D eigenvalue weighted by molar-refractivity contribution is 0.482. The van der Waals surface area contributed by atoms with E-state index in [2.05, 4.69) is 31.2 Å². The Hall–Kier alpha value is -1.76. The van der Waals surface area contributed by atoms with E-state index in [-0.39, 0.29) is 0 Å². The Labute approximate surface area is 148 Å². The van der Waals surface area contributed by atoms with Crippen LogP contribution in [0.25, 0.3) is 0 Å². The molecule has 0 aliphatic rings. The van der Waals surface area contributed by atoms with E-state index in [1.807, 2.05) is 30.3 Å². The molecule has 24 heavy (non-hydrogen) atoms. The number of unbranched alkanes of at least 4 members (excludes halogenated alkanes) is 8. The van der Waals surface area contributed by atoms with E-state index in [0.717, 1.165) is 11.5 Å². The minimum atomic E-state index is 0.893. The Bertz CT molecular complexity index is 530. The molecule has 1 heteroatoms. The van der Waals surface area contributed by atoms with E-state index in [4.69, 9.17) is 4.74 Å². The number of rotatable bonds is 12. The van der Waals surface area contributed by atoms with Crippen molar-refractivity contribution in [2.75, 3.05) is 0 Å². The molecule has 2 rings (SSSR count). The first-order valence-electron chi connectivity index (χ1n) is 9.70. The highest BCUT2D eigenvalue weighted by atomic mass is 16.5. The maximum absolute atomic E-state index is 5.83. The maximum atomic E-state index is 5.83. The molecule has 0 aromatic heterocycles. The summed E-state index contributed by atoms with van der Waals surface area (Å²) in [5.41, 5.74) is 1.42. The second-order valence-electron chi connectivity index (χ2n) is 6.64. The van der Waals surface area contributed by atoms with Gasteiger partial charge in [-0.1, -0.05) is 88.6 Å². The van der Waals surface area contributed by atoms with Gasteiger partial charge in [-0.15, -0.1) is 0 Å². The molecule has 2 aromatic carbocycles. The number of aryl methyl sites for hydroxylation is 1. The Kier molecular flexibility index (Phi) is 9.08. The van der Waals surface area contributed by atoms with Crippen molar-refractivity contribution in [1.82, 2.24) is 0 Å². The maximum Gasteiger partial charge on any atom is 0.127 e. The minimum Gasteiger partial charge on any atom is -0.457 e. The predicted molar refractivity (Wildman–Crippen MR) is 104 cm³/mol. The van der Waals surface area contributed by atoms with Gasteiger partial charge < -0.3 is 4.74 Å². The van der Waals surface area contributed by atoms with Gasteiger partial charge in [0.25, 0.3) is 0 Å². The molecule has 130 valence electrons. The lowest BCUT2D eigenvalue weighted by Gasteiger charge is -2.07. The number of ether oxygens (including phenoxy) is 1. The van der Waals surface area contributed by atoms with E-state index >= 15 is 0 Å². The van der Waals surface area contributed by atoms with Gasteiger partial charge in [0.2, 0.25) is 0 Å². The smallest absolute Gasteiger partial charge is 0.127 e. The molecular formula is C23H32O. The predicted octanol–water partition coefficient (Wildman–Crippen LogP) is 7.55. The molecule has 0 unspecified atom stereocenters. The molecule has 0 heterocycles. The first-order chi connectivity index (χ1) is 11.9. The summed E-state index contributed by atoms with van der Waals surface area (Å²) in [4.78, 5) is 0. The fourth-order valence-electron chi connectivity index (χ4n) is 2.99. The monoisotopic (exact) mass is 324 g/mol. The first-order valence-corrected chi connectivity index (χ1v) is 9.70. The third kappa shape index (κ3) is 7.68. The summed E-state index contributed by atoms with van der Waals surface area (Å²) in [6.07, 6.45) is 13.7. The second-order valence-corrected chi connectivity index (χ2v) is 6.64. The fourth-order valence-corrected chi connectivity index (χ4v) is 2.99. The van der Waals surface area contributed by atoms with Crippen LogP contribution in [0, 0.1) is 0 Å². The molecule has 0 N–H and O–H groups in total. The molecule has 0 saturated heterocycles. The fraction of sp³-hybridized carbons (Fsp3) is 0.478. The van der Waals surface area contributed by atoms with Crippen molar-refractivity contribution in [3.05, 3.63) is 60.2 Å². The van der Waals surface area contributed by atoms with Crippen LogP contribution in [0.1, 0.15) is 70.3 Å². The Morgan fingerprint density at radius 2 is 1.12 bits per heavy atom. The summed E-state index contributed by atoms with van der Waals surface area (Å²) in [7, 11) is 0. The van der Waals surface area contributed by atoms with Gasteiger partial charge in [-0.05, 0) is 42.7 Å². The zero-order valence-corrected chi connectivity index (χ0v) is 15.2. The van der Waals surface area contributed by atoms with Crippen molar-refractivity contribution in [2.45, 2.75) is 71.1 Å².